The Morgan fingerprint density at radius 1 is 1.13 bits per heavy atom. The van der Waals surface area contributed by atoms with E-state index in [9.17, 15) is 22.8 Å². The van der Waals surface area contributed by atoms with Gasteiger partial charge in [0.1, 0.15) is 0 Å². The first-order valence-electron chi connectivity index (χ1n) is 12.0. The molecule has 200 valence electrons. The van der Waals surface area contributed by atoms with E-state index in [1.807, 2.05) is 18.2 Å². The molecule has 0 spiro atoms. The molecule has 2 amide bonds. The summed E-state index contributed by atoms with van der Waals surface area (Å²) in [6.07, 6.45) is -3.55. The summed E-state index contributed by atoms with van der Waals surface area (Å²) < 4.78 is 45.0. The number of rotatable bonds is 7. The number of hydrogen-bond acceptors (Lipinski definition) is 7. The molecular formula is C26H27F3N6O3. The van der Waals surface area contributed by atoms with E-state index in [2.05, 4.69) is 20.8 Å². The van der Waals surface area contributed by atoms with Gasteiger partial charge in [-0.05, 0) is 38.0 Å². The number of carbonyl (C=O) groups is 2. The summed E-state index contributed by atoms with van der Waals surface area (Å²) in [5, 5.41) is 17.3. The minimum Gasteiger partial charge on any atom is -0.388 e. The van der Waals surface area contributed by atoms with E-state index in [1.54, 1.807) is 18.9 Å². The van der Waals surface area contributed by atoms with Crippen LogP contribution in [0, 0.1) is 5.41 Å². The number of piperidine rings is 1. The lowest BCUT2D eigenvalue weighted by molar-refractivity contribution is -0.137. The molecule has 12 heteroatoms. The largest absolute Gasteiger partial charge is 0.417 e. The summed E-state index contributed by atoms with van der Waals surface area (Å²) in [7, 11) is 1.77. The summed E-state index contributed by atoms with van der Waals surface area (Å²) in [5.41, 5.74) is 1.15. The van der Waals surface area contributed by atoms with Crippen molar-refractivity contribution in [2.75, 3.05) is 32.0 Å². The number of aromatic nitrogens is 2. The normalized spacial score (nSPS) is 14.3. The fourth-order valence-electron chi connectivity index (χ4n) is 4.40. The van der Waals surface area contributed by atoms with Gasteiger partial charge in [0.2, 0.25) is 17.6 Å². The van der Waals surface area contributed by atoms with Crippen molar-refractivity contribution in [2.45, 2.75) is 31.9 Å². The van der Waals surface area contributed by atoms with Crippen molar-refractivity contribution in [1.29, 1.82) is 5.41 Å². The van der Waals surface area contributed by atoms with Gasteiger partial charge in [-0.15, -0.1) is 0 Å². The van der Waals surface area contributed by atoms with Crippen molar-refractivity contribution < 1.29 is 27.3 Å². The molecule has 1 fully saturated rings. The molecule has 0 aliphatic carbocycles. The van der Waals surface area contributed by atoms with Crippen molar-refractivity contribution in [2.24, 2.45) is 0 Å². The van der Waals surface area contributed by atoms with Crippen molar-refractivity contribution in [3.63, 3.8) is 0 Å². The number of carbonyl (C=O) groups excluding carboxylic acids is 2. The molecule has 1 saturated heterocycles. The van der Waals surface area contributed by atoms with E-state index in [0.29, 0.717) is 43.4 Å². The molecule has 38 heavy (non-hydrogen) atoms. The van der Waals surface area contributed by atoms with Crippen LogP contribution in [-0.2, 0) is 11.0 Å². The van der Waals surface area contributed by atoms with E-state index in [0.717, 1.165) is 28.9 Å². The third-order valence-electron chi connectivity index (χ3n) is 6.47. The zero-order valence-corrected chi connectivity index (χ0v) is 20.9. The number of amides is 2. The van der Waals surface area contributed by atoms with Crippen LogP contribution in [0.1, 0.15) is 53.1 Å². The highest BCUT2D eigenvalue weighted by molar-refractivity contribution is 6.02. The number of benzene rings is 2. The molecule has 3 aromatic rings. The van der Waals surface area contributed by atoms with Gasteiger partial charge in [-0.2, -0.15) is 18.2 Å². The highest BCUT2D eigenvalue weighted by atomic mass is 19.4. The van der Waals surface area contributed by atoms with Gasteiger partial charge in [-0.1, -0.05) is 29.4 Å². The maximum absolute atomic E-state index is 13.2. The van der Waals surface area contributed by atoms with E-state index in [1.165, 1.54) is 12.1 Å². The molecule has 2 heterocycles. The Kier molecular flexibility index (Phi) is 7.79. The number of alkyl halides is 3. The Balaban J connectivity index is 1.33. The Bertz CT molecular complexity index is 1350. The lowest BCUT2D eigenvalue weighted by Crippen LogP contribution is -2.44. The second kappa shape index (κ2) is 11.0. The fourth-order valence-corrected chi connectivity index (χ4v) is 4.40. The molecule has 0 saturated carbocycles. The lowest BCUT2D eigenvalue weighted by Gasteiger charge is -2.30. The number of halogens is 3. The monoisotopic (exact) mass is 528 g/mol. The number of nitrogens with one attached hydrogen (secondary N) is 3. The van der Waals surface area contributed by atoms with Gasteiger partial charge in [0.05, 0.1) is 17.7 Å². The minimum atomic E-state index is -4.67. The van der Waals surface area contributed by atoms with Gasteiger partial charge in [-0.25, -0.2) is 0 Å². The number of anilines is 1. The molecular weight excluding hydrogens is 501 g/mol. The van der Waals surface area contributed by atoms with Crippen LogP contribution in [-0.4, -0.2) is 59.2 Å². The Morgan fingerprint density at radius 2 is 1.84 bits per heavy atom. The topological polar surface area (TPSA) is 124 Å². The van der Waals surface area contributed by atoms with E-state index in [4.69, 9.17) is 9.93 Å². The lowest BCUT2D eigenvalue weighted by atomic mass is 9.96. The van der Waals surface area contributed by atoms with E-state index >= 15 is 0 Å². The van der Waals surface area contributed by atoms with Crippen LogP contribution < -0.4 is 10.6 Å². The Labute approximate surface area is 216 Å². The number of likely N-dealkylation sites (tertiary alicyclic amines) is 1. The zero-order valence-electron chi connectivity index (χ0n) is 20.9. The second-order valence-electron chi connectivity index (χ2n) is 8.97. The van der Waals surface area contributed by atoms with E-state index in [-0.39, 0.29) is 11.8 Å². The highest BCUT2D eigenvalue weighted by Gasteiger charge is 2.35. The van der Waals surface area contributed by atoms with Crippen LogP contribution in [0.5, 0.6) is 0 Å². The minimum absolute atomic E-state index is 0.0552. The summed E-state index contributed by atoms with van der Waals surface area (Å²) in [4.78, 5) is 31.0. The fraction of sp³-hybridized carbons (Fsp3) is 0.346. The van der Waals surface area contributed by atoms with Crippen molar-refractivity contribution in [3.8, 4) is 11.4 Å². The second-order valence-corrected chi connectivity index (χ2v) is 8.97. The summed E-state index contributed by atoms with van der Waals surface area (Å²) >= 11 is 0. The first-order chi connectivity index (χ1) is 18.1. The maximum Gasteiger partial charge on any atom is 0.417 e. The smallest absolute Gasteiger partial charge is 0.388 e. The molecule has 0 unspecified atom stereocenters. The van der Waals surface area contributed by atoms with Crippen LogP contribution in [0.3, 0.4) is 0 Å². The first kappa shape index (κ1) is 26.8. The molecule has 4 rings (SSSR count). The van der Waals surface area contributed by atoms with Gasteiger partial charge in [0, 0.05) is 48.6 Å². The molecule has 3 N–H and O–H groups in total. The SMILES string of the molecule is CNc1cc(-c2noc(C3CCN(C(=O)CNC(=O)c4ccccc4C(F)(F)F)CC3)n2)ccc1C(C)=N. The third-order valence-corrected chi connectivity index (χ3v) is 6.47. The predicted molar refractivity (Wildman–Crippen MR) is 134 cm³/mol. The van der Waals surface area contributed by atoms with Crippen LogP contribution in [0.15, 0.2) is 47.0 Å². The van der Waals surface area contributed by atoms with Crippen molar-refractivity contribution >= 4 is 23.2 Å². The van der Waals surface area contributed by atoms with Crippen LogP contribution in [0.2, 0.25) is 0 Å². The molecule has 0 atom stereocenters. The van der Waals surface area contributed by atoms with Gasteiger partial charge in [-0.3, -0.25) is 9.59 Å². The molecule has 9 nitrogen and oxygen atoms in total. The van der Waals surface area contributed by atoms with Crippen LogP contribution >= 0.6 is 0 Å². The average molecular weight is 529 g/mol. The van der Waals surface area contributed by atoms with Gasteiger partial charge < -0.3 is 25.5 Å². The van der Waals surface area contributed by atoms with Gasteiger partial charge >= 0.3 is 6.18 Å². The van der Waals surface area contributed by atoms with E-state index < -0.39 is 29.8 Å². The summed E-state index contributed by atoms with van der Waals surface area (Å²) in [6.45, 7) is 2.07. The molecule has 2 aromatic carbocycles. The molecule has 0 radical (unpaired) electrons. The quantitative estimate of drug-likeness (QED) is 0.393. The highest BCUT2D eigenvalue weighted by Crippen LogP contribution is 2.32. The summed E-state index contributed by atoms with van der Waals surface area (Å²) in [5.74, 6) is -0.507. The van der Waals surface area contributed by atoms with Crippen molar-refractivity contribution in [1.82, 2.24) is 20.4 Å². The van der Waals surface area contributed by atoms with Gasteiger partial charge in [0.25, 0.3) is 5.91 Å². The Hall–Kier alpha value is -4.22. The molecule has 1 aromatic heterocycles. The van der Waals surface area contributed by atoms with Gasteiger partial charge in [0.15, 0.2) is 0 Å². The average Bonchev–Trinajstić information content (AvgIpc) is 3.41. The standard InChI is InChI=1S/C26H27F3N6O3/c1-15(30)18-8-7-17(13-21(18)31-2)23-33-25(38-34-23)16-9-11-35(12-10-16)22(36)14-32-24(37)19-5-3-4-6-20(19)26(27,28)29/h3-8,13,16,30-31H,9-12,14H2,1-2H3,(H,32,37). The van der Waals surface area contributed by atoms with Crippen LogP contribution in [0.4, 0.5) is 18.9 Å². The molecule has 1 aliphatic heterocycles. The summed E-state index contributed by atoms with van der Waals surface area (Å²) in [6, 6.07) is 9.95. The maximum atomic E-state index is 13.2. The molecule has 0 bridgehead atoms. The van der Waals surface area contributed by atoms with Crippen molar-refractivity contribution in [3.05, 3.63) is 65.0 Å². The Morgan fingerprint density at radius 3 is 2.50 bits per heavy atom. The number of hydrogen-bond donors (Lipinski definition) is 3. The van der Waals surface area contributed by atoms with Crippen LogP contribution in [0.25, 0.3) is 11.4 Å². The predicted octanol–water partition coefficient (Wildman–Crippen LogP) is 4.32. The zero-order chi connectivity index (χ0) is 27.4. The first-order valence-corrected chi connectivity index (χ1v) is 12.0. The number of nitrogens with zero attached hydrogens (tertiary/aromatic N) is 3. The third kappa shape index (κ3) is 5.84. The molecule has 1 aliphatic rings.